The predicted octanol–water partition coefficient (Wildman–Crippen LogP) is 1.22. The molecule has 0 spiro atoms. The highest BCUT2D eigenvalue weighted by atomic mass is 15.3. The lowest BCUT2D eigenvalue weighted by Crippen LogP contribution is -2.62. The molecule has 0 aromatic carbocycles. The van der Waals surface area contributed by atoms with Crippen molar-refractivity contribution >= 4 is 0 Å². The monoisotopic (exact) mass is 268 g/mol. The van der Waals surface area contributed by atoms with Crippen LogP contribution in [0.3, 0.4) is 0 Å². The Bertz CT molecular complexity index is 271. The first-order valence-electron chi connectivity index (χ1n) is 8.02. The highest BCUT2D eigenvalue weighted by molar-refractivity contribution is 4.89. The van der Waals surface area contributed by atoms with Crippen LogP contribution < -0.4 is 11.1 Å². The molecule has 0 amide bonds. The zero-order chi connectivity index (χ0) is 13.9. The van der Waals surface area contributed by atoms with Gasteiger partial charge in [-0.15, -0.1) is 0 Å². The summed E-state index contributed by atoms with van der Waals surface area (Å²) in [6.45, 7) is 12.8. The van der Waals surface area contributed by atoms with Crippen LogP contribution in [-0.2, 0) is 0 Å². The second-order valence-corrected chi connectivity index (χ2v) is 6.76. The fraction of sp³-hybridized carbons (Fsp3) is 1.00. The number of likely N-dealkylation sites (tertiary alicyclic amines) is 2. The van der Waals surface area contributed by atoms with Crippen molar-refractivity contribution in [2.24, 2.45) is 5.73 Å². The third-order valence-electron chi connectivity index (χ3n) is 4.84. The Morgan fingerprint density at radius 3 is 2.42 bits per heavy atom. The van der Waals surface area contributed by atoms with Gasteiger partial charge in [0.05, 0.1) is 5.66 Å². The lowest BCUT2D eigenvalue weighted by Gasteiger charge is -2.46. The minimum atomic E-state index is 0.0804. The van der Waals surface area contributed by atoms with Gasteiger partial charge in [0.1, 0.15) is 0 Å². The lowest BCUT2D eigenvalue weighted by molar-refractivity contribution is 0.0389. The van der Waals surface area contributed by atoms with Crippen LogP contribution in [0.1, 0.15) is 46.5 Å². The number of hydrogen-bond acceptors (Lipinski definition) is 4. The van der Waals surface area contributed by atoms with Crippen LogP contribution in [0.5, 0.6) is 0 Å². The number of hydrogen-bond donors (Lipinski definition) is 2. The number of nitrogens with one attached hydrogen (secondary N) is 1. The van der Waals surface area contributed by atoms with E-state index in [2.05, 4.69) is 35.9 Å². The highest BCUT2D eigenvalue weighted by Crippen LogP contribution is 2.21. The summed E-state index contributed by atoms with van der Waals surface area (Å²) in [6, 6.07) is 1.02. The third kappa shape index (κ3) is 4.15. The van der Waals surface area contributed by atoms with Crippen molar-refractivity contribution < 1.29 is 0 Å². The van der Waals surface area contributed by atoms with Gasteiger partial charge in [-0.3, -0.25) is 10.2 Å². The molecule has 112 valence electrons. The van der Waals surface area contributed by atoms with Gasteiger partial charge in [0.2, 0.25) is 0 Å². The topological polar surface area (TPSA) is 44.5 Å². The van der Waals surface area contributed by atoms with E-state index in [-0.39, 0.29) is 5.66 Å². The smallest absolute Gasteiger partial charge is 0.0657 e. The Kier molecular flexibility index (Phi) is 5.23. The quantitative estimate of drug-likeness (QED) is 0.805. The molecule has 19 heavy (non-hydrogen) atoms. The van der Waals surface area contributed by atoms with Gasteiger partial charge >= 0.3 is 0 Å². The number of rotatable bonds is 4. The van der Waals surface area contributed by atoms with Gasteiger partial charge in [0, 0.05) is 18.6 Å². The summed E-state index contributed by atoms with van der Waals surface area (Å²) in [5, 5.41) is 3.87. The van der Waals surface area contributed by atoms with Crippen LogP contribution in [0.15, 0.2) is 0 Å². The summed E-state index contributed by atoms with van der Waals surface area (Å²) in [7, 11) is 0. The molecule has 4 heteroatoms. The second kappa shape index (κ2) is 6.53. The second-order valence-electron chi connectivity index (χ2n) is 6.76. The van der Waals surface area contributed by atoms with E-state index >= 15 is 0 Å². The first kappa shape index (κ1) is 15.2. The van der Waals surface area contributed by atoms with Crippen molar-refractivity contribution in [1.82, 2.24) is 15.1 Å². The van der Waals surface area contributed by atoms with E-state index in [9.17, 15) is 0 Å². The Hall–Kier alpha value is -0.160. The van der Waals surface area contributed by atoms with Gasteiger partial charge in [-0.2, -0.15) is 0 Å². The molecule has 0 aromatic rings. The van der Waals surface area contributed by atoms with Gasteiger partial charge in [0.25, 0.3) is 0 Å². The molecule has 1 unspecified atom stereocenters. The largest absolute Gasteiger partial charge is 0.327 e. The summed E-state index contributed by atoms with van der Waals surface area (Å²) in [5.41, 5.74) is 6.20. The molecule has 2 aliphatic heterocycles. The average Bonchev–Trinajstić information content (AvgIpc) is 2.39. The van der Waals surface area contributed by atoms with Gasteiger partial charge in [-0.1, -0.05) is 6.92 Å². The summed E-state index contributed by atoms with van der Waals surface area (Å²) >= 11 is 0. The van der Waals surface area contributed by atoms with Crippen molar-refractivity contribution in [2.45, 2.75) is 64.2 Å². The number of nitrogens with two attached hydrogens (primary N) is 1. The molecule has 0 aromatic heterocycles. The van der Waals surface area contributed by atoms with E-state index in [1.807, 2.05) is 0 Å². The maximum atomic E-state index is 6.12. The van der Waals surface area contributed by atoms with Crippen molar-refractivity contribution in [3.8, 4) is 0 Å². The molecule has 0 bridgehead atoms. The minimum absolute atomic E-state index is 0.0804. The van der Waals surface area contributed by atoms with E-state index in [1.54, 1.807) is 0 Å². The van der Waals surface area contributed by atoms with Crippen LogP contribution in [0.4, 0.5) is 0 Å². The Morgan fingerprint density at radius 1 is 1.16 bits per heavy atom. The van der Waals surface area contributed by atoms with Crippen LogP contribution in [-0.4, -0.2) is 60.3 Å². The maximum absolute atomic E-state index is 6.12. The van der Waals surface area contributed by atoms with Crippen molar-refractivity contribution in [3.05, 3.63) is 0 Å². The van der Waals surface area contributed by atoms with Gasteiger partial charge in [-0.05, 0) is 65.7 Å². The van der Waals surface area contributed by atoms with Crippen LogP contribution in [0.25, 0.3) is 0 Å². The fourth-order valence-corrected chi connectivity index (χ4v) is 3.50. The summed E-state index contributed by atoms with van der Waals surface area (Å²) in [5.74, 6) is 0. The first-order chi connectivity index (χ1) is 9.01. The van der Waals surface area contributed by atoms with Crippen LogP contribution in [0.2, 0.25) is 0 Å². The molecule has 4 nitrogen and oxygen atoms in total. The number of piperidine rings is 2. The molecule has 2 aliphatic rings. The summed E-state index contributed by atoms with van der Waals surface area (Å²) < 4.78 is 0. The van der Waals surface area contributed by atoms with Gasteiger partial charge < -0.3 is 10.6 Å². The number of nitrogens with zero attached hydrogens (tertiary/aromatic N) is 2. The Balaban J connectivity index is 1.83. The maximum Gasteiger partial charge on any atom is 0.0657 e. The molecule has 0 aliphatic carbocycles. The zero-order valence-electron chi connectivity index (χ0n) is 13.0. The van der Waals surface area contributed by atoms with Crippen LogP contribution >= 0.6 is 0 Å². The van der Waals surface area contributed by atoms with E-state index in [4.69, 9.17) is 5.73 Å². The van der Waals surface area contributed by atoms with E-state index in [0.29, 0.717) is 12.1 Å². The summed E-state index contributed by atoms with van der Waals surface area (Å²) in [4.78, 5) is 5.08. The van der Waals surface area contributed by atoms with E-state index < -0.39 is 0 Å². The van der Waals surface area contributed by atoms with Crippen molar-refractivity contribution in [1.29, 1.82) is 0 Å². The molecular weight excluding hydrogens is 236 g/mol. The fourth-order valence-electron chi connectivity index (χ4n) is 3.50. The SMILES string of the molecule is CCN1CCC(NC(C)(C)N2CCCC(N)C2)CC1. The van der Waals surface area contributed by atoms with Crippen LogP contribution in [0, 0.1) is 0 Å². The Morgan fingerprint density at radius 2 is 1.84 bits per heavy atom. The molecule has 0 saturated carbocycles. The summed E-state index contributed by atoms with van der Waals surface area (Å²) in [6.07, 6.45) is 4.97. The highest BCUT2D eigenvalue weighted by Gasteiger charge is 2.32. The Labute approximate surface area is 118 Å². The first-order valence-corrected chi connectivity index (χ1v) is 8.02. The molecule has 2 rings (SSSR count). The van der Waals surface area contributed by atoms with Crippen molar-refractivity contribution in [2.75, 3.05) is 32.7 Å². The molecule has 2 heterocycles. The molecule has 1 atom stereocenters. The third-order valence-corrected chi connectivity index (χ3v) is 4.84. The molecule has 0 radical (unpaired) electrons. The molecule has 2 fully saturated rings. The van der Waals surface area contributed by atoms with E-state index in [0.717, 1.165) is 6.54 Å². The average molecular weight is 268 g/mol. The molecular formula is C15H32N4. The van der Waals surface area contributed by atoms with Gasteiger partial charge in [-0.25, -0.2) is 0 Å². The zero-order valence-corrected chi connectivity index (χ0v) is 13.0. The lowest BCUT2D eigenvalue weighted by atomic mass is 9.99. The standard InChI is InChI=1S/C15H32N4/c1-4-18-10-7-14(8-11-18)17-15(2,3)19-9-5-6-13(16)12-19/h13-14,17H,4-12,16H2,1-3H3. The predicted molar refractivity (Wildman–Crippen MR) is 81.1 cm³/mol. The van der Waals surface area contributed by atoms with Gasteiger partial charge in [0.15, 0.2) is 0 Å². The van der Waals surface area contributed by atoms with Crippen molar-refractivity contribution in [3.63, 3.8) is 0 Å². The molecule has 2 saturated heterocycles. The minimum Gasteiger partial charge on any atom is -0.327 e. The normalized spacial score (nSPS) is 28.7. The van der Waals surface area contributed by atoms with E-state index in [1.165, 1.54) is 51.9 Å². The molecule has 3 N–H and O–H groups in total.